The van der Waals surface area contributed by atoms with Crippen LogP contribution in [0.25, 0.3) is 10.8 Å². The molecule has 0 amide bonds. The van der Waals surface area contributed by atoms with Crippen molar-refractivity contribution in [2.45, 2.75) is 5.51 Å². The number of benzene rings is 1. The first-order valence-corrected chi connectivity index (χ1v) is 7.65. The van der Waals surface area contributed by atoms with E-state index in [2.05, 4.69) is 9.17 Å². The van der Waals surface area contributed by atoms with Gasteiger partial charge < -0.3 is 18.4 Å². The predicted molar refractivity (Wildman–Crippen MR) is 77.0 cm³/mol. The summed E-state index contributed by atoms with van der Waals surface area (Å²) in [4.78, 5) is 3.56. The number of halogens is 3. The molecule has 0 radical (unpaired) electrons. The van der Waals surface area contributed by atoms with Crippen LogP contribution in [0.3, 0.4) is 0 Å². The first-order chi connectivity index (χ1) is 11.2. The normalized spacial score (nSPS) is 12.1. The molecule has 1 heterocycles. The Morgan fingerprint density at radius 1 is 1.00 bits per heavy atom. The van der Waals surface area contributed by atoms with Gasteiger partial charge in [-0.05, 0) is 12.1 Å². The van der Waals surface area contributed by atoms with Crippen LogP contribution in [-0.4, -0.2) is 40.2 Å². The molecule has 0 saturated carbocycles. The number of nitrogens with zero attached hydrogens (tertiary/aromatic N) is 1. The van der Waals surface area contributed by atoms with Gasteiger partial charge in [-0.15, -0.1) is 0 Å². The molecular formula is C13H12F3NO6S. The van der Waals surface area contributed by atoms with E-state index in [4.69, 9.17) is 14.2 Å². The van der Waals surface area contributed by atoms with E-state index in [1.54, 1.807) is 0 Å². The summed E-state index contributed by atoms with van der Waals surface area (Å²) in [7, 11) is -1.92. The average molecular weight is 367 g/mol. The summed E-state index contributed by atoms with van der Waals surface area (Å²) >= 11 is 0. The highest BCUT2D eigenvalue weighted by Gasteiger charge is 2.49. The quantitative estimate of drug-likeness (QED) is 0.593. The van der Waals surface area contributed by atoms with Crippen LogP contribution in [0.4, 0.5) is 13.2 Å². The van der Waals surface area contributed by atoms with Crippen LogP contribution >= 0.6 is 0 Å². The molecule has 0 saturated heterocycles. The zero-order chi connectivity index (χ0) is 18.1. The zero-order valence-electron chi connectivity index (χ0n) is 12.7. The Balaban J connectivity index is 2.75. The number of aromatic nitrogens is 1. The van der Waals surface area contributed by atoms with Crippen LogP contribution in [0, 0.1) is 0 Å². The van der Waals surface area contributed by atoms with E-state index >= 15 is 0 Å². The highest BCUT2D eigenvalue weighted by molar-refractivity contribution is 7.88. The maximum atomic E-state index is 12.5. The maximum Gasteiger partial charge on any atom is 0.534 e. The topological polar surface area (TPSA) is 84.0 Å². The van der Waals surface area contributed by atoms with Gasteiger partial charge in [-0.25, -0.2) is 4.98 Å². The minimum absolute atomic E-state index is 0.0557. The Hall–Kier alpha value is -2.43. The molecule has 11 heteroatoms. The van der Waals surface area contributed by atoms with E-state index in [0.29, 0.717) is 0 Å². The number of fused-ring (bicyclic) bond motifs is 1. The van der Waals surface area contributed by atoms with Gasteiger partial charge in [0.1, 0.15) is 0 Å². The van der Waals surface area contributed by atoms with Gasteiger partial charge in [-0.2, -0.15) is 21.6 Å². The van der Waals surface area contributed by atoms with Gasteiger partial charge in [-0.3, -0.25) is 0 Å². The third kappa shape index (κ3) is 2.98. The van der Waals surface area contributed by atoms with E-state index in [1.165, 1.54) is 33.5 Å². The summed E-state index contributed by atoms with van der Waals surface area (Å²) in [6.45, 7) is 0. The molecule has 0 aliphatic carbocycles. The number of pyridine rings is 1. The van der Waals surface area contributed by atoms with Gasteiger partial charge in [0.2, 0.25) is 11.6 Å². The lowest BCUT2D eigenvalue weighted by molar-refractivity contribution is -0.0500. The molecule has 0 aliphatic heterocycles. The van der Waals surface area contributed by atoms with Crippen LogP contribution in [0.15, 0.2) is 18.3 Å². The first kappa shape index (κ1) is 17.9. The van der Waals surface area contributed by atoms with Gasteiger partial charge in [0.05, 0.1) is 26.7 Å². The van der Waals surface area contributed by atoms with E-state index in [0.717, 1.165) is 6.20 Å². The van der Waals surface area contributed by atoms with Crippen LogP contribution in [0.5, 0.6) is 23.1 Å². The molecule has 1 aromatic carbocycles. The van der Waals surface area contributed by atoms with Gasteiger partial charge >= 0.3 is 15.6 Å². The fourth-order valence-electron chi connectivity index (χ4n) is 1.99. The molecule has 7 nitrogen and oxygen atoms in total. The molecule has 0 fully saturated rings. The van der Waals surface area contributed by atoms with E-state index < -0.39 is 21.5 Å². The van der Waals surface area contributed by atoms with Gasteiger partial charge in [-0.1, -0.05) is 0 Å². The van der Waals surface area contributed by atoms with Crippen molar-refractivity contribution in [2.24, 2.45) is 0 Å². The van der Waals surface area contributed by atoms with Crippen LogP contribution in [0.1, 0.15) is 0 Å². The Labute approximate surface area is 135 Å². The lowest BCUT2D eigenvalue weighted by Gasteiger charge is -2.16. The van der Waals surface area contributed by atoms with E-state index in [9.17, 15) is 21.6 Å². The third-order valence-electron chi connectivity index (χ3n) is 3.00. The molecular weight excluding hydrogens is 355 g/mol. The standard InChI is InChI=1S/C13H12F3NO6S/c1-20-9-6-8-7(10(21-2)11(9)22-3)4-5-17-12(8)23-24(18,19)13(14,15)16/h4-6H,1-3H3. The molecule has 0 atom stereocenters. The molecule has 0 spiro atoms. The Morgan fingerprint density at radius 2 is 1.62 bits per heavy atom. The van der Waals surface area contributed by atoms with Crippen LogP contribution < -0.4 is 18.4 Å². The molecule has 2 rings (SSSR count). The van der Waals surface area contributed by atoms with Crippen molar-refractivity contribution in [3.05, 3.63) is 18.3 Å². The fraction of sp³-hybridized carbons (Fsp3) is 0.308. The summed E-state index contributed by atoms with van der Waals surface area (Å²) in [6, 6.07) is 2.65. The van der Waals surface area contributed by atoms with Crippen molar-refractivity contribution in [3.8, 4) is 23.1 Å². The van der Waals surface area contributed by atoms with Crippen LogP contribution in [-0.2, 0) is 10.1 Å². The second kappa shape index (κ2) is 6.23. The lowest BCUT2D eigenvalue weighted by atomic mass is 10.1. The molecule has 0 aliphatic rings. The number of rotatable bonds is 5. The highest BCUT2D eigenvalue weighted by atomic mass is 32.2. The van der Waals surface area contributed by atoms with Gasteiger partial charge in [0, 0.05) is 11.6 Å². The first-order valence-electron chi connectivity index (χ1n) is 6.24. The Morgan fingerprint density at radius 3 is 2.12 bits per heavy atom. The van der Waals surface area contributed by atoms with Gasteiger partial charge in [0.15, 0.2) is 11.5 Å². The minimum Gasteiger partial charge on any atom is -0.493 e. The van der Waals surface area contributed by atoms with Crippen molar-refractivity contribution in [1.82, 2.24) is 4.98 Å². The van der Waals surface area contributed by atoms with Crippen molar-refractivity contribution < 1.29 is 40.0 Å². The monoisotopic (exact) mass is 367 g/mol. The second-order valence-electron chi connectivity index (χ2n) is 4.34. The molecule has 2 aromatic rings. The number of methoxy groups -OCH3 is 3. The Kier molecular flexibility index (Phi) is 4.65. The summed E-state index contributed by atoms with van der Waals surface area (Å²) in [5.74, 6) is -0.347. The van der Waals surface area contributed by atoms with Crippen molar-refractivity contribution in [1.29, 1.82) is 0 Å². The van der Waals surface area contributed by atoms with Crippen molar-refractivity contribution in [2.75, 3.05) is 21.3 Å². The second-order valence-corrected chi connectivity index (χ2v) is 5.88. The summed E-state index contributed by atoms with van der Waals surface area (Å²) in [5, 5.41) is 0.178. The van der Waals surface area contributed by atoms with E-state index in [1.807, 2.05) is 0 Å². The molecule has 132 valence electrons. The molecule has 1 aromatic heterocycles. The van der Waals surface area contributed by atoms with Gasteiger partial charge in [0.25, 0.3) is 0 Å². The number of hydrogen-bond acceptors (Lipinski definition) is 7. The summed E-state index contributed by atoms with van der Waals surface area (Å²) in [5.41, 5.74) is -5.59. The van der Waals surface area contributed by atoms with Crippen molar-refractivity contribution >= 4 is 20.9 Å². The summed E-state index contributed by atoms with van der Waals surface area (Å²) < 4.78 is 79.6. The average Bonchev–Trinajstić information content (AvgIpc) is 2.51. The van der Waals surface area contributed by atoms with E-state index in [-0.39, 0.29) is 28.0 Å². The number of hydrogen-bond donors (Lipinski definition) is 0. The fourth-order valence-corrected chi connectivity index (χ4v) is 2.42. The summed E-state index contributed by atoms with van der Waals surface area (Å²) in [6.07, 6.45) is 1.08. The number of alkyl halides is 3. The highest BCUT2D eigenvalue weighted by Crippen LogP contribution is 2.45. The smallest absolute Gasteiger partial charge is 0.493 e. The number of ether oxygens (including phenoxy) is 3. The molecule has 0 N–H and O–H groups in total. The SMILES string of the molecule is COc1cc2c(OS(=O)(=O)C(F)(F)F)nccc2c(OC)c1OC. The predicted octanol–water partition coefficient (Wildman–Crippen LogP) is 2.49. The van der Waals surface area contributed by atoms with Crippen molar-refractivity contribution in [3.63, 3.8) is 0 Å². The minimum atomic E-state index is -5.87. The zero-order valence-corrected chi connectivity index (χ0v) is 13.5. The van der Waals surface area contributed by atoms with Crippen LogP contribution in [0.2, 0.25) is 0 Å². The largest absolute Gasteiger partial charge is 0.534 e. The maximum absolute atomic E-state index is 12.5. The third-order valence-corrected chi connectivity index (χ3v) is 3.95. The molecule has 0 bridgehead atoms. The Bertz CT molecular complexity index is 866. The molecule has 0 unspecified atom stereocenters. The lowest BCUT2D eigenvalue weighted by Crippen LogP contribution is -2.28. The molecule has 24 heavy (non-hydrogen) atoms.